The zero-order valence-corrected chi connectivity index (χ0v) is 9.23. The van der Waals surface area contributed by atoms with Gasteiger partial charge in [-0.1, -0.05) is 18.2 Å². The first kappa shape index (κ1) is 11.6. The Labute approximate surface area is 90.3 Å². The fraction of sp³-hybridized carbons (Fsp3) is 0.417. The van der Waals surface area contributed by atoms with Crippen molar-refractivity contribution in [2.45, 2.75) is 20.3 Å². The maximum atomic E-state index is 11.7. The number of phenolic OH excluding ortho intramolecular Hbond substituents is 1. The highest BCUT2D eigenvalue weighted by molar-refractivity contribution is 5.79. The zero-order chi connectivity index (χ0) is 11.3. The molecule has 1 aromatic rings. The number of carbonyl (C=O) groups excluding carboxylic acids is 1. The summed E-state index contributed by atoms with van der Waals surface area (Å²) in [5.41, 5.74) is 0.689. The number of amides is 1. The summed E-state index contributed by atoms with van der Waals surface area (Å²) in [6, 6.07) is 6.95. The average Bonchev–Trinajstić information content (AvgIpc) is 2.23. The molecule has 0 radical (unpaired) electrons. The first-order chi connectivity index (χ1) is 7.19. The maximum absolute atomic E-state index is 11.7. The Bertz CT molecular complexity index is 332. The molecule has 0 unspecified atom stereocenters. The Morgan fingerprint density at radius 3 is 2.40 bits per heavy atom. The van der Waals surface area contributed by atoms with Crippen molar-refractivity contribution in [1.29, 1.82) is 0 Å². The summed E-state index contributed by atoms with van der Waals surface area (Å²) in [7, 11) is 0. The van der Waals surface area contributed by atoms with E-state index in [4.69, 9.17) is 0 Å². The molecule has 0 aliphatic carbocycles. The molecular weight excluding hydrogens is 190 g/mol. The second-order valence-corrected chi connectivity index (χ2v) is 3.37. The fourth-order valence-corrected chi connectivity index (χ4v) is 1.51. The van der Waals surface area contributed by atoms with Gasteiger partial charge in [0.15, 0.2) is 0 Å². The first-order valence-corrected chi connectivity index (χ1v) is 5.23. The molecular formula is C12H17NO2. The maximum Gasteiger partial charge on any atom is 0.227 e. The fourth-order valence-electron chi connectivity index (χ4n) is 1.51. The highest BCUT2D eigenvalue weighted by atomic mass is 16.3. The van der Waals surface area contributed by atoms with Crippen molar-refractivity contribution in [2.24, 2.45) is 0 Å². The largest absolute Gasteiger partial charge is 0.508 e. The second-order valence-electron chi connectivity index (χ2n) is 3.37. The van der Waals surface area contributed by atoms with Crippen molar-refractivity contribution in [1.82, 2.24) is 4.90 Å². The predicted molar refractivity (Wildman–Crippen MR) is 59.7 cm³/mol. The molecule has 1 rings (SSSR count). The summed E-state index contributed by atoms with van der Waals surface area (Å²) in [5.74, 6) is 0.250. The number of hydrogen-bond donors (Lipinski definition) is 1. The molecule has 0 aliphatic heterocycles. The van der Waals surface area contributed by atoms with Crippen LogP contribution in [0, 0.1) is 0 Å². The number of carbonyl (C=O) groups is 1. The van der Waals surface area contributed by atoms with Crippen LogP contribution in [0.2, 0.25) is 0 Å². The molecule has 1 amide bonds. The molecule has 0 saturated heterocycles. The van der Waals surface area contributed by atoms with E-state index in [1.54, 1.807) is 23.1 Å². The van der Waals surface area contributed by atoms with Crippen LogP contribution in [0.25, 0.3) is 0 Å². The molecule has 0 spiro atoms. The van der Waals surface area contributed by atoms with Crippen LogP contribution in [-0.4, -0.2) is 29.0 Å². The SMILES string of the molecule is CCN(CC)C(=O)Cc1ccccc1O. The molecule has 0 aromatic heterocycles. The summed E-state index contributed by atoms with van der Waals surface area (Å²) in [5, 5.41) is 9.52. The zero-order valence-electron chi connectivity index (χ0n) is 9.23. The minimum absolute atomic E-state index is 0.0569. The lowest BCUT2D eigenvalue weighted by atomic mass is 10.1. The summed E-state index contributed by atoms with van der Waals surface area (Å²) in [6.45, 7) is 5.32. The Morgan fingerprint density at radius 1 is 1.27 bits per heavy atom. The molecule has 0 fully saturated rings. The average molecular weight is 207 g/mol. The van der Waals surface area contributed by atoms with E-state index in [1.807, 2.05) is 19.9 Å². The van der Waals surface area contributed by atoms with Crippen LogP contribution in [0.15, 0.2) is 24.3 Å². The molecule has 0 heterocycles. The summed E-state index contributed by atoms with van der Waals surface area (Å²) in [4.78, 5) is 13.5. The lowest BCUT2D eigenvalue weighted by Gasteiger charge is -2.18. The number of hydrogen-bond acceptors (Lipinski definition) is 2. The van der Waals surface area contributed by atoms with Crippen molar-refractivity contribution in [2.75, 3.05) is 13.1 Å². The van der Waals surface area contributed by atoms with Gasteiger partial charge in [-0.15, -0.1) is 0 Å². The quantitative estimate of drug-likeness (QED) is 0.818. The molecule has 1 aromatic carbocycles. The smallest absolute Gasteiger partial charge is 0.227 e. The van der Waals surface area contributed by atoms with Crippen molar-refractivity contribution >= 4 is 5.91 Å². The molecule has 0 aliphatic rings. The van der Waals surface area contributed by atoms with Crippen LogP contribution in [0.3, 0.4) is 0 Å². The van der Waals surface area contributed by atoms with E-state index >= 15 is 0 Å². The van der Waals surface area contributed by atoms with Gasteiger partial charge in [-0.2, -0.15) is 0 Å². The molecule has 15 heavy (non-hydrogen) atoms. The molecule has 1 N–H and O–H groups in total. The van der Waals surface area contributed by atoms with E-state index in [1.165, 1.54) is 0 Å². The van der Waals surface area contributed by atoms with Crippen LogP contribution in [-0.2, 0) is 11.2 Å². The molecule has 0 atom stereocenters. The van der Waals surface area contributed by atoms with E-state index in [0.29, 0.717) is 18.7 Å². The van der Waals surface area contributed by atoms with Crippen LogP contribution in [0.5, 0.6) is 5.75 Å². The van der Waals surface area contributed by atoms with Crippen LogP contribution in [0.1, 0.15) is 19.4 Å². The van der Waals surface area contributed by atoms with E-state index in [9.17, 15) is 9.90 Å². The first-order valence-electron chi connectivity index (χ1n) is 5.23. The Morgan fingerprint density at radius 2 is 1.87 bits per heavy atom. The Hall–Kier alpha value is -1.51. The number of rotatable bonds is 4. The molecule has 82 valence electrons. The summed E-state index contributed by atoms with van der Waals surface area (Å²) < 4.78 is 0. The van der Waals surface area contributed by atoms with Gasteiger partial charge in [-0.05, 0) is 19.9 Å². The van der Waals surface area contributed by atoms with Gasteiger partial charge in [0.2, 0.25) is 5.91 Å². The monoisotopic (exact) mass is 207 g/mol. The summed E-state index contributed by atoms with van der Waals surface area (Å²) in [6.07, 6.45) is 0.272. The lowest BCUT2D eigenvalue weighted by Crippen LogP contribution is -2.31. The molecule has 3 heteroatoms. The second kappa shape index (κ2) is 5.39. The predicted octanol–water partition coefficient (Wildman–Crippen LogP) is 1.80. The van der Waals surface area contributed by atoms with Crippen molar-refractivity contribution in [3.8, 4) is 5.75 Å². The highest BCUT2D eigenvalue weighted by Gasteiger charge is 2.11. The Balaban J connectivity index is 2.70. The third-order valence-electron chi connectivity index (χ3n) is 2.45. The number of nitrogens with zero attached hydrogens (tertiary/aromatic N) is 1. The van der Waals surface area contributed by atoms with E-state index < -0.39 is 0 Å². The standard InChI is InChI=1S/C12H17NO2/c1-3-13(4-2)12(15)9-10-7-5-6-8-11(10)14/h5-8,14H,3-4,9H2,1-2H3. The third-order valence-corrected chi connectivity index (χ3v) is 2.45. The highest BCUT2D eigenvalue weighted by Crippen LogP contribution is 2.16. The number of likely N-dealkylation sites (N-methyl/N-ethyl adjacent to an activating group) is 1. The molecule has 0 saturated carbocycles. The number of benzene rings is 1. The number of phenols is 1. The number of aromatic hydroxyl groups is 1. The Kier molecular flexibility index (Phi) is 4.16. The number of para-hydroxylation sites is 1. The minimum Gasteiger partial charge on any atom is -0.508 e. The van der Waals surface area contributed by atoms with E-state index in [0.717, 1.165) is 0 Å². The molecule has 0 bridgehead atoms. The van der Waals surface area contributed by atoms with E-state index in [2.05, 4.69) is 0 Å². The van der Waals surface area contributed by atoms with Gasteiger partial charge in [0.25, 0.3) is 0 Å². The topological polar surface area (TPSA) is 40.5 Å². The van der Waals surface area contributed by atoms with Gasteiger partial charge in [0, 0.05) is 18.7 Å². The normalized spacial score (nSPS) is 10.0. The third kappa shape index (κ3) is 2.98. The van der Waals surface area contributed by atoms with Gasteiger partial charge in [0.1, 0.15) is 5.75 Å². The van der Waals surface area contributed by atoms with Gasteiger partial charge >= 0.3 is 0 Å². The van der Waals surface area contributed by atoms with Gasteiger partial charge < -0.3 is 10.0 Å². The van der Waals surface area contributed by atoms with Gasteiger partial charge in [0.05, 0.1) is 6.42 Å². The van der Waals surface area contributed by atoms with Crippen LogP contribution < -0.4 is 0 Å². The van der Waals surface area contributed by atoms with E-state index in [-0.39, 0.29) is 18.1 Å². The lowest BCUT2D eigenvalue weighted by molar-refractivity contribution is -0.130. The summed E-state index contributed by atoms with van der Waals surface area (Å²) >= 11 is 0. The van der Waals surface area contributed by atoms with Crippen LogP contribution >= 0.6 is 0 Å². The minimum atomic E-state index is 0.0569. The van der Waals surface area contributed by atoms with Crippen molar-refractivity contribution in [3.63, 3.8) is 0 Å². The molecule has 3 nitrogen and oxygen atoms in total. The van der Waals surface area contributed by atoms with Crippen molar-refractivity contribution in [3.05, 3.63) is 29.8 Å². The van der Waals surface area contributed by atoms with Gasteiger partial charge in [-0.3, -0.25) is 4.79 Å². The van der Waals surface area contributed by atoms with Crippen molar-refractivity contribution < 1.29 is 9.90 Å². The van der Waals surface area contributed by atoms with Gasteiger partial charge in [-0.25, -0.2) is 0 Å². The van der Waals surface area contributed by atoms with Crippen LogP contribution in [0.4, 0.5) is 0 Å².